The van der Waals surface area contributed by atoms with E-state index in [4.69, 9.17) is 0 Å². The number of alkyl halides is 3. The van der Waals surface area contributed by atoms with Gasteiger partial charge >= 0.3 is 6.18 Å². The van der Waals surface area contributed by atoms with Crippen molar-refractivity contribution in [1.29, 1.82) is 0 Å². The van der Waals surface area contributed by atoms with Crippen LogP contribution in [0, 0.1) is 0 Å². The van der Waals surface area contributed by atoms with Crippen molar-refractivity contribution in [3.63, 3.8) is 0 Å². The summed E-state index contributed by atoms with van der Waals surface area (Å²) in [6.45, 7) is 0. The van der Waals surface area contributed by atoms with Crippen LogP contribution in [0.15, 0.2) is 30.3 Å². The number of hydrogen-bond donors (Lipinski definition) is 2. The van der Waals surface area contributed by atoms with Crippen LogP contribution in [0.2, 0.25) is 0 Å². The number of rotatable bonds is 1. The summed E-state index contributed by atoms with van der Waals surface area (Å²) in [7, 11) is 0. The zero-order valence-corrected chi connectivity index (χ0v) is 8.66. The van der Waals surface area contributed by atoms with Crippen LogP contribution in [0.4, 0.5) is 13.2 Å². The first-order valence-corrected chi connectivity index (χ1v) is 4.99. The lowest BCUT2D eigenvalue weighted by atomic mass is 9.94. The first kappa shape index (κ1) is 11.9. The molecule has 2 rings (SSSR count). The van der Waals surface area contributed by atoms with Gasteiger partial charge in [0.05, 0.1) is 5.92 Å². The van der Waals surface area contributed by atoms with E-state index < -0.39 is 30.1 Å². The average molecular weight is 245 g/mol. The first-order valence-electron chi connectivity index (χ1n) is 4.99. The smallest absolute Gasteiger partial charge is 0.363 e. The van der Waals surface area contributed by atoms with Crippen molar-refractivity contribution >= 4 is 5.91 Å². The van der Waals surface area contributed by atoms with E-state index in [1.807, 2.05) is 0 Å². The fourth-order valence-corrected chi connectivity index (χ4v) is 1.87. The van der Waals surface area contributed by atoms with Crippen molar-refractivity contribution in [1.82, 2.24) is 5.32 Å². The van der Waals surface area contributed by atoms with Gasteiger partial charge in [-0.3, -0.25) is 4.79 Å². The standard InChI is InChI=1S/C11H10F3NO2/c12-11(13,14)10(17)6-8(9(16)15-10)7-4-2-1-3-5-7/h1-5,8,17H,6H2,(H,15,16)/t8-,10-/m0/s1. The number of halogens is 3. The maximum absolute atomic E-state index is 12.5. The highest BCUT2D eigenvalue weighted by molar-refractivity contribution is 5.86. The fraction of sp³-hybridized carbons (Fsp3) is 0.364. The van der Waals surface area contributed by atoms with Crippen LogP contribution in [0.5, 0.6) is 0 Å². The Balaban J connectivity index is 2.28. The van der Waals surface area contributed by atoms with E-state index in [-0.39, 0.29) is 0 Å². The minimum Gasteiger partial charge on any atom is -0.363 e. The van der Waals surface area contributed by atoms with Gasteiger partial charge in [-0.1, -0.05) is 30.3 Å². The van der Waals surface area contributed by atoms with Gasteiger partial charge in [0.15, 0.2) is 0 Å². The summed E-state index contributed by atoms with van der Waals surface area (Å²) in [5, 5.41) is 11.0. The predicted molar refractivity (Wildman–Crippen MR) is 52.9 cm³/mol. The first-order chi connectivity index (χ1) is 7.83. The van der Waals surface area contributed by atoms with Crippen LogP contribution >= 0.6 is 0 Å². The molecular weight excluding hydrogens is 235 g/mol. The molecule has 1 aromatic rings. The molecule has 0 saturated carbocycles. The van der Waals surface area contributed by atoms with Crippen LogP contribution in [-0.2, 0) is 4.79 Å². The third kappa shape index (κ3) is 2.00. The molecule has 1 fully saturated rings. The van der Waals surface area contributed by atoms with Gasteiger partial charge in [-0.15, -0.1) is 0 Å². The molecule has 1 heterocycles. The maximum atomic E-state index is 12.5. The van der Waals surface area contributed by atoms with Gasteiger partial charge in [0, 0.05) is 6.42 Å². The summed E-state index contributed by atoms with van der Waals surface area (Å²) in [6, 6.07) is 8.09. The fourth-order valence-electron chi connectivity index (χ4n) is 1.87. The molecule has 1 aromatic carbocycles. The molecule has 0 spiro atoms. The third-order valence-corrected chi connectivity index (χ3v) is 2.82. The Labute approximate surface area is 95.3 Å². The number of amides is 1. The van der Waals surface area contributed by atoms with Crippen molar-refractivity contribution in [2.75, 3.05) is 0 Å². The van der Waals surface area contributed by atoms with Gasteiger partial charge in [0.2, 0.25) is 11.6 Å². The summed E-state index contributed by atoms with van der Waals surface area (Å²) in [6.07, 6.45) is -5.56. The Morgan fingerprint density at radius 1 is 1.29 bits per heavy atom. The molecule has 0 aliphatic carbocycles. The minimum absolute atomic E-state index is 0.463. The highest BCUT2D eigenvalue weighted by Gasteiger charge is 2.60. The molecule has 3 nitrogen and oxygen atoms in total. The Bertz CT molecular complexity index is 432. The average Bonchev–Trinajstić information content (AvgIpc) is 2.56. The van der Waals surface area contributed by atoms with E-state index in [2.05, 4.69) is 0 Å². The topological polar surface area (TPSA) is 49.3 Å². The predicted octanol–water partition coefficient (Wildman–Crippen LogP) is 1.54. The normalized spacial score (nSPS) is 29.2. The summed E-state index contributed by atoms with van der Waals surface area (Å²) in [4.78, 5) is 11.5. The molecule has 6 heteroatoms. The summed E-state index contributed by atoms with van der Waals surface area (Å²) in [5.74, 6) is -1.78. The van der Waals surface area contributed by atoms with E-state index in [1.54, 1.807) is 35.6 Å². The molecule has 17 heavy (non-hydrogen) atoms. The third-order valence-electron chi connectivity index (χ3n) is 2.82. The van der Waals surface area contributed by atoms with E-state index in [1.165, 1.54) is 0 Å². The molecule has 1 aliphatic rings. The SMILES string of the molecule is O=C1N[C@@](O)(C(F)(F)F)C[C@H]1c1ccccc1. The summed E-state index contributed by atoms with van der Waals surface area (Å²) in [5.41, 5.74) is -2.66. The van der Waals surface area contributed by atoms with Crippen LogP contribution in [0.3, 0.4) is 0 Å². The summed E-state index contributed by atoms with van der Waals surface area (Å²) < 4.78 is 37.6. The molecule has 0 unspecified atom stereocenters. The van der Waals surface area contributed by atoms with Crippen LogP contribution in [0.1, 0.15) is 17.9 Å². The van der Waals surface area contributed by atoms with Gasteiger partial charge < -0.3 is 10.4 Å². The van der Waals surface area contributed by atoms with Crippen LogP contribution in [-0.4, -0.2) is 22.9 Å². The number of nitrogens with one attached hydrogen (secondary N) is 1. The van der Waals surface area contributed by atoms with E-state index in [9.17, 15) is 23.1 Å². The van der Waals surface area contributed by atoms with Gasteiger partial charge in [-0.25, -0.2) is 0 Å². The molecule has 0 aromatic heterocycles. The zero-order valence-electron chi connectivity index (χ0n) is 8.66. The number of carbonyl (C=O) groups excluding carboxylic acids is 1. The lowest BCUT2D eigenvalue weighted by molar-refractivity contribution is -0.266. The summed E-state index contributed by atoms with van der Waals surface area (Å²) >= 11 is 0. The zero-order chi connectivity index (χ0) is 12.7. The molecule has 1 saturated heterocycles. The molecule has 92 valence electrons. The second-order valence-electron chi connectivity index (χ2n) is 4.01. The quantitative estimate of drug-likeness (QED) is 0.788. The molecule has 1 amide bonds. The number of carbonyl (C=O) groups is 1. The van der Waals surface area contributed by atoms with Crippen molar-refractivity contribution in [2.45, 2.75) is 24.2 Å². The number of aliphatic hydroxyl groups is 1. The lowest BCUT2D eigenvalue weighted by Gasteiger charge is -2.25. The molecule has 0 bridgehead atoms. The van der Waals surface area contributed by atoms with Gasteiger partial charge in [0.25, 0.3) is 0 Å². The van der Waals surface area contributed by atoms with Crippen LogP contribution < -0.4 is 5.32 Å². The van der Waals surface area contributed by atoms with Crippen molar-refractivity contribution in [2.24, 2.45) is 0 Å². The van der Waals surface area contributed by atoms with Crippen molar-refractivity contribution in [3.05, 3.63) is 35.9 Å². The van der Waals surface area contributed by atoms with E-state index in [0.29, 0.717) is 5.56 Å². The Hall–Kier alpha value is -1.56. The second kappa shape index (κ2) is 3.73. The molecule has 2 N–H and O–H groups in total. The van der Waals surface area contributed by atoms with Gasteiger partial charge in [0.1, 0.15) is 0 Å². The molecule has 2 atom stereocenters. The molecular formula is C11H10F3NO2. The van der Waals surface area contributed by atoms with Crippen molar-refractivity contribution < 1.29 is 23.1 Å². The Morgan fingerprint density at radius 2 is 1.88 bits per heavy atom. The molecule has 0 radical (unpaired) electrons. The van der Waals surface area contributed by atoms with Crippen LogP contribution in [0.25, 0.3) is 0 Å². The second-order valence-corrected chi connectivity index (χ2v) is 4.01. The minimum atomic E-state index is -4.87. The van der Waals surface area contributed by atoms with Gasteiger partial charge in [-0.2, -0.15) is 13.2 Å². The van der Waals surface area contributed by atoms with Gasteiger partial charge in [-0.05, 0) is 5.56 Å². The molecule has 1 aliphatic heterocycles. The van der Waals surface area contributed by atoms with E-state index >= 15 is 0 Å². The van der Waals surface area contributed by atoms with E-state index in [0.717, 1.165) is 0 Å². The Kier molecular flexibility index (Phi) is 2.61. The highest BCUT2D eigenvalue weighted by Crippen LogP contribution is 2.41. The maximum Gasteiger partial charge on any atom is 0.436 e. The highest BCUT2D eigenvalue weighted by atomic mass is 19.4. The Morgan fingerprint density at radius 3 is 2.35 bits per heavy atom. The lowest BCUT2D eigenvalue weighted by Crippen LogP contribution is -2.53. The largest absolute Gasteiger partial charge is 0.436 e. The number of hydrogen-bond acceptors (Lipinski definition) is 2. The number of benzene rings is 1. The monoisotopic (exact) mass is 245 g/mol. The van der Waals surface area contributed by atoms with Crippen molar-refractivity contribution in [3.8, 4) is 0 Å².